The number of nitrogens with two attached hydrogens (primary N) is 1. The van der Waals surface area contributed by atoms with Crippen LogP contribution in [-0.4, -0.2) is 9.91 Å². The Morgan fingerprint density at radius 3 is 2.62 bits per heavy atom. The smallest absolute Gasteiger partial charge is 0.320 e. The van der Waals surface area contributed by atoms with Crippen molar-refractivity contribution in [2.75, 3.05) is 5.73 Å². The van der Waals surface area contributed by atoms with E-state index in [1.54, 1.807) is 48.7 Å². The molecule has 3 rings (SSSR count). The maximum atomic E-state index is 11.4. The van der Waals surface area contributed by atoms with E-state index in [9.17, 15) is 10.1 Å². The largest absolute Gasteiger partial charge is 0.448 e. The van der Waals surface area contributed by atoms with Gasteiger partial charge < -0.3 is 10.5 Å². The molecule has 0 aliphatic heterocycles. The van der Waals surface area contributed by atoms with E-state index >= 15 is 0 Å². The fraction of sp³-hybridized carbons (Fsp3) is 0. The van der Waals surface area contributed by atoms with Gasteiger partial charge in [0, 0.05) is 6.20 Å². The Bertz CT molecular complexity index is 833. The lowest BCUT2D eigenvalue weighted by atomic mass is 10.1. The summed E-state index contributed by atoms with van der Waals surface area (Å²) < 4.78 is 5.62. The number of fused-ring (bicyclic) bond motifs is 1. The summed E-state index contributed by atoms with van der Waals surface area (Å²) >= 11 is 0. The van der Waals surface area contributed by atoms with Crippen LogP contribution >= 0.6 is 0 Å². The molecule has 0 aliphatic rings. The van der Waals surface area contributed by atoms with Crippen LogP contribution in [-0.2, 0) is 0 Å². The van der Waals surface area contributed by atoms with Crippen molar-refractivity contribution in [3.8, 4) is 11.5 Å². The van der Waals surface area contributed by atoms with Crippen LogP contribution in [0.3, 0.4) is 0 Å². The van der Waals surface area contributed by atoms with Crippen LogP contribution in [0, 0.1) is 10.1 Å². The fourth-order valence-corrected chi connectivity index (χ4v) is 2.08. The molecule has 0 amide bonds. The molecule has 1 heterocycles. The van der Waals surface area contributed by atoms with Crippen LogP contribution < -0.4 is 10.5 Å². The zero-order valence-electron chi connectivity index (χ0n) is 10.9. The quantitative estimate of drug-likeness (QED) is 0.450. The van der Waals surface area contributed by atoms with Crippen molar-refractivity contribution in [2.45, 2.75) is 0 Å². The summed E-state index contributed by atoms with van der Waals surface area (Å²) in [6.45, 7) is 0. The summed E-state index contributed by atoms with van der Waals surface area (Å²) in [6, 6.07) is 13.3. The van der Waals surface area contributed by atoms with E-state index in [0.29, 0.717) is 22.3 Å². The predicted molar refractivity (Wildman–Crippen MR) is 79.3 cm³/mol. The van der Waals surface area contributed by atoms with Gasteiger partial charge in [-0.05, 0) is 36.4 Å². The number of nitrogen functional groups attached to an aromatic ring is 1. The molecule has 0 spiro atoms. The molecule has 1 aromatic heterocycles. The molecule has 0 bridgehead atoms. The lowest BCUT2D eigenvalue weighted by Crippen LogP contribution is -1.97. The van der Waals surface area contributed by atoms with Crippen molar-refractivity contribution in [1.82, 2.24) is 4.98 Å². The molecule has 21 heavy (non-hydrogen) atoms. The van der Waals surface area contributed by atoms with Crippen molar-refractivity contribution < 1.29 is 9.66 Å². The second-order valence-electron chi connectivity index (χ2n) is 4.38. The molecule has 0 atom stereocenters. The summed E-state index contributed by atoms with van der Waals surface area (Å²) in [7, 11) is 0. The lowest BCUT2D eigenvalue weighted by molar-refractivity contribution is -0.383. The van der Waals surface area contributed by atoms with Gasteiger partial charge in [0.2, 0.25) is 5.75 Å². The summed E-state index contributed by atoms with van der Waals surface area (Å²) in [5.41, 5.74) is 6.63. The van der Waals surface area contributed by atoms with Crippen LogP contribution in [0.15, 0.2) is 54.7 Å². The van der Waals surface area contributed by atoms with Crippen molar-refractivity contribution in [3.05, 3.63) is 64.8 Å². The van der Waals surface area contributed by atoms with Gasteiger partial charge >= 0.3 is 5.69 Å². The first-order valence-electron chi connectivity index (χ1n) is 6.21. The van der Waals surface area contributed by atoms with Gasteiger partial charge in [0.25, 0.3) is 0 Å². The minimum atomic E-state index is -0.474. The Labute approximate surface area is 119 Å². The van der Waals surface area contributed by atoms with Crippen LogP contribution in [0.25, 0.3) is 10.9 Å². The first kappa shape index (κ1) is 12.9. The van der Waals surface area contributed by atoms with E-state index < -0.39 is 4.92 Å². The van der Waals surface area contributed by atoms with Crippen molar-refractivity contribution in [1.29, 1.82) is 0 Å². The Morgan fingerprint density at radius 1 is 1.05 bits per heavy atom. The summed E-state index contributed by atoms with van der Waals surface area (Å²) in [5.74, 6) is 0.516. The van der Waals surface area contributed by atoms with Crippen LogP contribution in [0.4, 0.5) is 11.4 Å². The van der Waals surface area contributed by atoms with Gasteiger partial charge in [0.05, 0.1) is 21.5 Å². The normalized spacial score (nSPS) is 10.5. The number of pyridine rings is 1. The highest BCUT2D eigenvalue weighted by atomic mass is 16.6. The Hall–Kier alpha value is -3.15. The molecule has 2 N–H and O–H groups in total. The molecule has 104 valence electrons. The maximum absolute atomic E-state index is 11.4. The van der Waals surface area contributed by atoms with Gasteiger partial charge in [-0.2, -0.15) is 0 Å². The third-order valence-electron chi connectivity index (χ3n) is 3.04. The second kappa shape index (κ2) is 5.09. The topological polar surface area (TPSA) is 91.3 Å². The third kappa shape index (κ3) is 2.34. The SMILES string of the molecule is Nc1ccccc1Oc1ccc2ncccc2c1[N+](=O)[O-]. The van der Waals surface area contributed by atoms with Crippen molar-refractivity contribution in [2.24, 2.45) is 0 Å². The molecule has 0 fully saturated rings. The van der Waals surface area contributed by atoms with E-state index in [4.69, 9.17) is 10.5 Å². The molecule has 0 unspecified atom stereocenters. The van der Waals surface area contributed by atoms with Crippen LogP contribution in [0.1, 0.15) is 0 Å². The molecule has 6 nitrogen and oxygen atoms in total. The number of rotatable bonds is 3. The third-order valence-corrected chi connectivity index (χ3v) is 3.04. The highest BCUT2D eigenvalue weighted by Crippen LogP contribution is 2.38. The van der Waals surface area contributed by atoms with Gasteiger partial charge in [-0.15, -0.1) is 0 Å². The minimum Gasteiger partial charge on any atom is -0.448 e. The summed E-state index contributed by atoms with van der Waals surface area (Å²) in [4.78, 5) is 15.0. The highest BCUT2D eigenvalue weighted by Gasteiger charge is 2.21. The number of hydrogen-bond acceptors (Lipinski definition) is 5. The zero-order valence-corrected chi connectivity index (χ0v) is 10.9. The molecule has 3 aromatic rings. The Balaban J connectivity index is 2.17. The molecule has 0 aliphatic carbocycles. The molecule has 0 saturated carbocycles. The van der Waals surface area contributed by atoms with E-state index in [-0.39, 0.29) is 11.4 Å². The number of nitro groups is 1. The number of nitrogens with zero attached hydrogens (tertiary/aromatic N) is 2. The second-order valence-corrected chi connectivity index (χ2v) is 4.38. The molecular weight excluding hydrogens is 270 g/mol. The Morgan fingerprint density at radius 2 is 1.86 bits per heavy atom. The Kier molecular flexibility index (Phi) is 3.12. The molecule has 2 aromatic carbocycles. The van der Waals surface area contributed by atoms with Gasteiger partial charge in [-0.25, -0.2) is 0 Å². The monoisotopic (exact) mass is 281 g/mol. The average molecular weight is 281 g/mol. The van der Waals surface area contributed by atoms with Crippen molar-refractivity contribution in [3.63, 3.8) is 0 Å². The number of hydrogen-bond donors (Lipinski definition) is 1. The molecule has 0 saturated heterocycles. The molecule has 0 radical (unpaired) electrons. The average Bonchev–Trinajstić information content (AvgIpc) is 2.49. The van der Waals surface area contributed by atoms with Gasteiger partial charge in [0.15, 0.2) is 5.75 Å². The number of ether oxygens (including phenoxy) is 1. The first-order valence-corrected chi connectivity index (χ1v) is 6.21. The first-order chi connectivity index (χ1) is 10.2. The fourth-order valence-electron chi connectivity index (χ4n) is 2.08. The maximum Gasteiger partial charge on any atom is 0.320 e. The number of anilines is 1. The number of aromatic nitrogens is 1. The summed E-state index contributed by atoms with van der Waals surface area (Å²) in [6.07, 6.45) is 1.59. The van der Waals surface area contributed by atoms with Gasteiger partial charge in [-0.1, -0.05) is 12.1 Å². The number of nitro benzene ring substituents is 1. The van der Waals surface area contributed by atoms with Crippen molar-refractivity contribution >= 4 is 22.3 Å². The lowest BCUT2D eigenvalue weighted by Gasteiger charge is -2.09. The van der Waals surface area contributed by atoms with E-state index in [1.165, 1.54) is 6.07 Å². The van der Waals surface area contributed by atoms with Gasteiger partial charge in [-0.3, -0.25) is 15.1 Å². The van der Waals surface area contributed by atoms with E-state index in [2.05, 4.69) is 4.98 Å². The molecular formula is C15H11N3O3. The standard InChI is InChI=1S/C15H11N3O3/c16-11-5-1-2-6-13(11)21-14-8-7-12-10(4-3-9-17-12)15(14)18(19)20/h1-9H,16H2. The van der Waals surface area contributed by atoms with Crippen LogP contribution in [0.2, 0.25) is 0 Å². The highest BCUT2D eigenvalue weighted by molar-refractivity contribution is 5.91. The van der Waals surface area contributed by atoms with Crippen LogP contribution in [0.5, 0.6) is 11.5 Å². The van der Waals surface area contributed by atoms with E-state index in [0.717, 1.165) is 0 Å². The number of benzene rings is 2. The van der Waals surface area contributed by atoms with Gasteiger partial charge in [0.1, 0.15) is 0 Å². The predicted octanol–water partition coefficient (Wildman–Crippen LogP) is 3.52. The molecule has 6 heteroatoms. The van der Waals surface area contributed by atoms with E-state index in [1.807, 2.05) is 0 Å². The summed E-state index contributed by atoms with van der Waals surface area (Å²) in [5, 5.41) is 11.8. The zero-order chi connectivity index (χ0) is 14.8. The number of para-hydroxylation sites is 2. The minimum absolute atomic E-state index is 0.121.